The maximum atomic E-state index is 10.8. The van der Waals surface area contributed by atoms with Crippen molar-refractivity contribution in [3.63, 3.8) is 0 Å². The van der Waals surface area contributed by atoms with Crippen LogP contribution in [0.1, 0.15) is 36.4 Å². The van der Waals surface area contributed by atoms with E-state index in [1.165, 1.54) is 12.3 Å². The van der Waals surface area contributed by atoms with Crippen molar-refractivity contribution in [1.82, 2.24) is 5.32 Å². The van der Waals surface area contributed by atoms with Crippen LogP contribution in [0.25, 0.3) is 0 Å². The SMILES string of the molecule is CC(C)COCCCNCc1occc1C(=O)O. The Bertz CT molecular complexity index is 360. The van der Waals surface area contributed by atoms with Gasteiger partial charge >= 0.3 is 5.97 Å². The van der Waals surface area contributed by atoms with E-state index in [0.717, 1.165) is 26.2 Å². The molecule has 102 valence electrons. The highest BCUT2D eigenvalue weighted by Gasteiger charge is 2.12. The summed E-state index contributed by atoms with van der Waals surface area (Å²) >= 11 is 0. The van der Waals surface area contributed by atoms with Crippen LogP contribution in [-0.2, 0) is 11.3 Å². The summed E-state index contributed by atoms with van der Waals surface area (Å²) in [4.78, 5) is 10.8. The van der Waals surface area contributed by atoms with Crippen LogP contribution >= 0.6 is 0 Å². The normalized spacial score (nSPS) is 11.1. The number of nitrogens with one attached hydrogen (secondary N) is 1. The van der Waals surface area contributed by atoms with E-state index in [1.54, 1.807) is 0 Å². The standard InChI is InChI=1S/C13H21NO4/c1-10(2)9-17-6-3-5-14-8-12-11(13(15)16)4-7-18-12/h4,7,10,14H,3,5-6,8-9H2,1-2H3,(H,15,16). The van der Waals surface area contributed by atoms with Crippen molar-refractivity contribution >= 4 is 5.97 Å². The topological polar surface area (TPSA) is 71.7 Å². The summed E-state index contributed by atoms with van der Waals surface area (Å²) in [5.41, 5.74) is 0.221. The number of carbonyl (C=O) groups is 1. The molecule has 1 aromatic heterocycles. The van der Waals surface area contributed by atoms with Crippen molar-refractivity contribution in [2.75, 3.05) is 19.8 Å². The fraction of sp³-hybridized carbons (Fsp3) is 0.615. The molecule has 0 unspecified atom stereocenters. The van der Waals surface area contributed by atoms with Gasteiger partial charge in [0.2, 0.25) is 0 Å². The molecule has 2 N–H and O–H groups in total. The summed E-state index contributed by atoms with van der Waals surface area (Å²) < 4.78 is 10.5. The van der Waals surface area contributed by atoms with Crippen LogP contribution in [0.4, 0.5) is 0 Å². The van der Waals surface area contributed by atoms with Gasteiger partial charge in [-0.3, -0.25) is 0 Å². The van der Waals surface area contributed by atoms with Gasteiger partial charge in [0.1, 0.15) is 11.3 Å². The zero-order valence-electron chi connectivity index (χ0n) is 10.9. The third kappa shape index (κ3) is 5.33. The molecule has 0 aliphatic heterocycles. The van der Waals surface area contributed by atoms with E-state index in [2.05, 4.69) is 19.2 Å². The van der Waals surface area contributed by atoms with Crippen molar-refractivity contribution in [2.45, 2.75) is 26.8 Å². The molecule has 5 nitrogen and oxygen atoms in total. The van der Waals surface area contributed by atoms with Gasteiger partial charge in [0, 0.05) is 13.2 Å². The predicted octanol–water partition coefficient (Wildman–Crippen LogP) is 2.13. The molecule has 0 aliphatic carbocycles. The van der Waals surface area contributed by atoms with E-state index >= 15 is 0 Å². The molecule has 0 spiro atoms. The van der Waals surface area contributed by atoms with Crippen LogP contribution in [0.2, 0.25) is 0 Å². The summed E-state index contributed by atoms with van der Waals surface area (Å²) in [6.45, 7) is 6.93. The van der Waals surface area contributed by atoms with Gasteiger partial charge < -0.3 is 19.6 Å². The maximum Gasteiger partial charge on any atom is 0.339 e. The molecule has 1 heterocycles. The van der Waals surface area contributed by atoms with Crippen molar-refractivity contribution in [1.29, 1.82) is 0 Å². The number of hydrogen-bond acceptors (Lipinski definition) is 4. The molecule has 0 radical (unpaired) electrons. The fourth-order valence-electron chi connectivity index (χ4n) is 1.49. The lowest BCUT2D eigenvalue weighted by atomic mass is 10.2. The highest BCUT2D eigenvalue weighted by Crippen LogP contribution is 2.09. The van der Waals surface area contributed by atoms with E-state index in [1.807, 2.05) is 0 Å². The number of rotatable bonds is 9. The van der Waals surface area contributed by atoms with Crippen LogP contribution in [0.3, 0.4) is 0 Å². The van der Waals surface area contributed by atoms with Crippen molar-refractivity contribution in [3.8, 4) is 0 Å². The molecular formula is C13H21NO4. The number of hydrogen-bond donors (Lipinski definition) is 2. The Labute approximate surface area is 107 Å². The van der Waals surface area contributed by atoms with Gasteiger partial charge in [0.15, 0.2) is 0 Å². The molecule has 0 amide bonds. The summed E-state index contributed by atoms with van der Waals surface area (Å²) in [6, 6.07) is 1.46. The van der Waals surface area contributed by atoms with E-state index in [0.29, 0.717) is 18.2 Å². The fourth-order valence-corrected chi connectivity index (χ4v) is 1.49. The zero-order chi connectivity index (χ0) is 13.4. The Balaban J connectivity index is 2.11. The Morgan fingerprint density at radius 3 is 3.00 bits per heavy atom. The minimum absolute atomic E-state index is 0.221. The van der Waals surface area contributed by atoms with Crippen LogP contribution in [0.15, 0.2) is 16.7 Å². The molecule has 18 heavy (non-hydrogen) atoms. The summed E-state index contributed by atoms with van der Waals surface area (Å²) in [7, 11) is 0. The molecule has 0 fully saturated rings. The van der Waals surface area contributed by atoms with Crippen LogP contribution < -0.4 is 5.32 Å². The zero-order valence-corrected chi connectivity index (χ0v) is 10.9. The monoisotopic (exact) mass is 255 g/mol. The Morgan fingerprint density at radius 1 is 1.56 bits per heavy atom. The second-order valence-electron chi connectivity index (χ2n) is 4.56. The largest absolute Gasteiger partial charge is 0.478 e. The van der Waals surface area contributed by atoms with Crippen molar-refractivity contribution < 1.29 is 19.1 Å². The van der Waals surface area contributed by atoms with Gasteiger partial charge in [0.05, 0.1) is 12.8 Å². The molecule has 0 bridgehead atoms. The number of carboxylic acid groups (broad SMARTS) is 1. The maximum absolute atomic E-state index is 10.8. The van der Waals surface area contributed by atoms with E-state index in [9.17, 15) is 4.79 Å². The predicted molar refractivity (Wildman–Crippen MR) is 67.6 cm³/mol. The first-order valence-electron chi connectivity index (χ1n) is 6.19. The molecule has 1 aromatic rings. The molecular weight excluding hydrogens is 234 g/mol. The first-order chi connectivity index (χ1) is 8.61. The second-order valence-corrected chi connectivity index (χ2v) is 4.56. The first kappa shape index (κ1) is 14.7. The van der Waals surface area contributed by atoms with Crippen molar-refractivity contribution in [2.24, 2.45) is 5.92 Å². The van der Waals surface area contributed by atoms with Gasteiger partial charge in [-0.15, -0.1) is 0 Å². The highest BCUT2D eigenvalue weighted by atomic mass is 16.5. The lowest BCUT2D eigenvalue weighted by Gasteiger charge is -2.07. The van der Waals surface area contributed by atoms with Crippen molar-refractivity contribution in [3.05, 3.63) is 23.7 Å². The molecule has 0 saturated carbocycles. The van der Waals surface area contributed by atoms with Crippen LogP contribution in [0, 0.1) is 5.92 Å². The molecule has 0 atom stereocenters. The van der Waals surface area contributed by atoms with E-state index < -0.39 is 5.97 Å². The van der Waals surface area contributed by atoms with Crippen LogP contribution in [0.5, 0.6) is 0 Å². The average molecular weight is 255 g/mol. The number of ether oxygens (including phenoxy) is 1. The third-order valence-corrected chi connectivity index (χ3v) is 2.35. The molecule has 5 heteroatoms. The minimum atomic E-state index is -0.958. The minimum Gasteiger partial charge on any atom is -0.478 e. The average Bonchev–Trinajstić information content (AvgIpc) is 2.75. The smallest absolute Gasteiger partial charge is 0.339 e. The molecule has 0 aliphatic rings. The quantitative estimate of drug-likeness (QED) is 0.661. The summed E-state index contributed by atoms with van der Waals surface area (Å²) in [5, 5.41) is 12.0. The highest BCUT2D eigenvalue weighted by molar-refractivity contribution is 5.88. The second kappa shape index (κ2) is 7.89. The van der Waals surface area contributed by atoms with E-state index in [-0.39, 0.29) is 5.56 Å². The summed E-state index contributed by atoms with van der Waals surface area (Å²) in [6.07, 6.45) is 2.29. The molecule has 0 aromatic carbocycles. The third-order valence-electron chi connectivity index (χ3n) is 2.35. The Hall–Kier alpha value is -1.33. The summed E-state index contributed by atoms with van der Waals surface area (Å²) in [5.74, 6) is 0.0608. The Kier molecular flexibility index (Phi) is 6.46. The Morgan fingerprint density at radius 2 is 2.33 bits per heavy atom. The van der Waals surface area contributed by atoms with Gasteiger partial charge in [-0.1, -0.05) is 13.8 Å². The number of furan rings is 1. The molecule has 1 rings (SSSR count). The number of carboxylic acids is 1. The number of aromatic carboxylic acids is 1. The van der Waals surface area contributed by atoms with E-state index in [4.69, 9.17) is 14.3 Å². The lowest BCUT2D eigenvalue weighted by molar-refractivity contribution is 0.0694. The van der Waals surface area contributed by atoms with Crippen LogP contribution in [-0.4, -0.2) is 30.8 Å². The van der Waals surface area contributed by atoms with Gasteiger partial charge in [0.25, 0.3) is 0 Å². The lowest BCUT2D eigenvalue weighted by Crippen LogP contribution is -2.18. The molecule has 0 saturated heterocycles. The van der Waals surface area contributed by atoms with Gasteiger partial charge in [-0.25, -0.2) is 4.79 Å². The first-order valence-corrected chi connectivity index (χ1v) is 6.19. The van der Waals surface area contributed by atoms with Gasteiger partial charge in [-0.2, -0.15) is 0 Å². The van der Waals surface area contributed by atoms with Gasteiger partial charge in [-0.05, 0) is 24.9 Å².